The van der Waals surface area contributed by atoms with Crippen molar-refractivity contribution in [1.29, 1.82) is 0 Å². The van der Waals surface area contributed by atoms with Crippen LogP contribution in [0.4, 0.5) is 0 Å². The molecule has 170 valence electrons. The van der Waals surface area contributed by atoms with Crippen LogP contribution in [-0.2, 0) is 24.1 Å². The summed E-state index contributed by atoms with van der Waals surface area (Å²) in [5.41, 5.74) is 5.54. The van der Waals surface area contributed by atoms with Gasteiger partial charge in [-0.15, -0.1) is 0 Å². The molecule has 0 spiro atoms. The predicted octanol–water partition coefficient (Wildman–Crippen LogP) is 6.09. The second kappa shape index (κ2) is 9.14. The van der Waals surface area contributed by atoms with Crippen LogP contribution in [0.5, 0.6) is 0 Å². The summed E-state index contributed by atoms with van der Waals surface area (Å²) in [5, 5.41) is 25.2. The first-order valence-electron chi connectivity index (χ1n) is 11.7. The lowest BCUT2D eigenvalue weighted by molar-refractivity contribution is -0.141. The fourth-order valence-electron chi connectivity index (χ4n) is 5.09. The zero-order valence-electron chi connectivity index (χ0n) is 18.5. The van der Waals surface area contributed by atoms with Crippen LogP contribution < -0.4 is 0 Å². The van der Waals surface area contributed by atoms with E-state index in [0.29, 0.717) is 17.7 Å². The van der Waals surface area contributed by atoms with Crippen LogP contribution >= 0.6 is 0 Å². The average Bonchev–Trinajstić information content (AvgIpc) is 3.53. The SMILES string of the molecule is O=C(O)[C@@H](CCCCc1c[nH]c2ccccc12)CC(=NO)c1ccc2c3c(oc2c1)CCC3. The quantitative estimate of drug-likeness (QED) is 0.126. The van der Waals surface area contributed by atoms with Crippen LogP contribution in [0.3, 0.4) is 0 Å². The summed E-state index contributed by atoms with van der Waals surface area (Å²) in [6.07, 6.45) is 8.46. The normalized spacial score (nSPS) is 14.7. The van der Waals surface area contributed by atoms with Gasteiger partial charge in [-0.05, 0) is 49.8 Å². The molecule has 6 heteroatoms. The van der Waals surface area contributed by atoms with E-state index < -0.39 is 11.9 Å². The Morgan fingerprint density at radius 2 is 2.00 bits per heavy atom. The highest BCUT2D eigenvalue weighted by molar-refractivity contribution is 6.04. The number of unbranched alkanes of at least 4 members (excludes halogenated alkanes) is 1. The fourth-order valence-corrected chi connectivity index (χ4v) is 5.09. The minimum atomic E-state index is -0.860. The molecule has 0 amide bonds. The Morgan fingerprint density at radius 1 is 1.12 bits per heavy atom. The number of hydrogen-bond acceptors (Lipinski definition) is 4. The van der Waals surface area contributed by atoms with Crippen molar-refractivity contribution in [2.45, 2.75) is 51.4 Å². The zero-order valence-corrected chi connectivity index (χ0v) is 18.5. The molecular weight excluding hydrogens is 416 g/mol. The van der Waals surface area contributed by atoms with E-state index in [1.165, 1.54) is 16.5 Å². The van der Waals surface area contributed by atoms with E-state index in [9.17, 15) is 15.1 Å². The number of carbonyl (C=O) groups is 1. The van der Waals surface area contributed by atoms with Crippen LogP contribution in [0.15, 0.2) is 58.2 Å². The molecule has 1 aliphatic carbocycles. The Morgan fingerprint density at radius 3 is 2.85 bits per heavy atom. The van der Waals surface area contributed by atoms with E-state index in [0.717, 1.165) is 60.8 Å². The second-order valence-electron chi connectivity index (χ2n) is 8.96. The number of furan rings is 1. The van der Waals surface area contributed by atoms with Gasteiger partial charge in [-0.2, -0.15) is 0 Å². The van der Waals surface area contributed by atoms with Crippen molar-refractivity contribution in [2.75, 3.05) is 0 Å². The van der Waals surface area contributed by atoms with Gasteiger partial charge in [-0.1, -0.05) is 41.9 Å². The fraction of sp³-hybridized carbons (Fsp3) is 0.333. The number of aryl methyl sites for hydroxylation is 3. The molecule has 2 aromatic carbocycles. The first-order chi connectivity index (χ1) is 16.1. The number of benzene rings is 2. The van der Waals surface area contributed by atoms with Gasteiger partial charge in [0.2, 0.25) is 0 Å². The number of hydrogen-bond donors (Lipinski definition) is 3. The zero-order chi connectivity index (χ0) is 22.8. The maximum atomic E-state index is 11.9. The smallest absolute Gasteiger partial charge is 0.306 e. The van der Waals surface area contributed by atoms with E-state index in [-0.39, 0.29) is 6.42 Å². The second-order valence-corrected chi connectivity index (χ2v) is 8.96. The van der Waals surface area contributed by atoms with Gasteiger partial charge in [-0.25, -0.2) is 0 Å². The molecule has 0 saturated heterocycles. The third-order valence-electron chi connectivity index (χ3n) is 6.87. The molecule has 1 aliphatic rings. The van der Waals surface area contributed by atoms with Gasteiger partial charge in [0.15, 0.2) is 0 Å². The van der Waals surface area contributed by atoms with Crippen LogP contribution in [-0.4, -0.2) is 27.0 Å². The predicted molar refractivity (Wildman–Crippen MR) is 128 cm³/mol. The maximum absolute atomic E-state index is 11.9. The van der Waals surface area contributed by atoms with E-state index in [4.69, 9.17) is 4.42 Å². The lowest BCUT2D eigenvalue weighted by Gasteiger charge is -2.13. The van der Waals surface area contributed by atoms with Crippen LogP contribution in [0, 0.1) is 5.92 Å². The highest BCUT2D eigenvalue weighted by Crippen LogP contribution is 2.33. The average molecular weight is 445 g/mol. The maximum Gasteiger partial charge on any atom is 0.306 e. The van der Waals surface area contributed by atoms with Crippen molar-refractivity contribution in [3.63, 3.8) is 0 Å². The molecule has 0 fully saturated rings. The van der Waals surface area contributed by atoms with E-state index in [1.54, 1.807) is 0 Å². The van der Waals surface area contributed by atoms with Gasteiger partial charge in [0.1, 0.15) is 11.3 Å². The van der Waals surface area contributed by atoms with Crippen LogP contribution in [0.1, 0.15) is 54.6 Å². The highest BCUT2D eigenvalue weighted by Gasteiger charge is 2.23. The summed E-state index contributed by atoms with van der Waals surface area (Å²) in [5.74, 6) is -0.416. The van der Waals surface area contributed by atoms with Crippen LogP contribution in [0.2, 0.25) is 0 Å². The van der Waals surface area contributed by atoms with Gasteiger partial charge in [-0.3, -0.25) is 4.79 Å². The number of carboxylic acid groups (broad SMARTS) is 1. The molecule has 0 unspecified atom stereocenters. The summed E-state index contributed by atoms with van der Waals surface area (Å²) in [4.78, 5) is 15.2. The Hall–Kier alpha value is -3.54. The molecule has 1 atom stereocenters. The number of oxime groups is 1. The van der Waals surface area contributed by atoms with Gasteiger partial charge < -0.3 is 19.7 Å². The Bertz CT molecular complexity index is 1330. The largest absolute Gasteiger partial charge is 0.481 e. The topological polar surface area (TPSA) is 98.8 Å². The lowest BCUT2D eigenvalue weighted by Crippen LogP contribution is -2.19. The van der Waals surface area contributed by atoms with Gasteiger partial charge in [0.05, 0.1) is 11.6 Å². The third-order valence-corrected chi connectivity index (χ3v) is 6.87. The summed E-state index contributed by atoms with van der Waals surface area (Å²) in [7, 11) is 0. The number of aliphatic carboxylic acids is 1. The lowest BCUT2D eigenvalue weighted by atomic mass is 9.92. The van der Waals surface area contributed by atoms with Crippen molar-refractivity contribution in [2.24, 2.45) is 11.1 Å². The molecule has 6 nitrogen and oxygen atoms in total. The van der Waals surface area contributed by atoms with E-state index in [2.05, 4.69) is 22.3 Å². The first-order valence-corrected chi connectivity index (χ1v) is 11.7. The first kappa shape index (κ1) is 21.3. The number of nitrogens with one attached hydrogen (secondary N) is 1. The van der Waals surface area contributed by atoms with Gasteiger partial charge in [0.25, 0.3) is 0 Å². The number of aromatic amines is 1. The van der Waals surface area contributed by atoms with Crippen LogP contribution in [0.25, 0.3) is 21.9 Å². The number of para-hydroxylation sites is 1. The minimum absolute atomic E-state index is 0.185. The Balaban J connectivity index is 1.22. The molecular formula is C27H28N2O4. The third kappa shape index (κ3) is 4.25. The summed E-state index contributed by atoms with van der Waals surface area (Å²) in [6.45, 7) is 0. The van der Waals surface area contributed by atoms with Gasteiger partial charge >= 0.3 is 5.97 Å². The molecule has 4 aromatic rings. The molecule has 2 aromatic heterocycles. The van der Waals surface area contributed by atoms with Crippen molar-refractivity contribution < 1.29 is 19.5 Å². The van der Waals surface area contributed by atoms with Crippen molar-refractivity contribution in [1.82, 2.24) is 4.98 Å². The number of aromatic nitrogens is 1. The number of rotatable bonds is 9. The minimum Gasteiger partial charge on any atom is -0.481 e. The van der Waals surface area contributed by atoms with E-state index >= 15 is 0 Å². The number of H-pyrrole nitrogens is 1. The summed E-state index contributed by atoms with van der Waals surface area (Å²) >= 11 is 0. The summed E-state index contributed by atoms with van der Waals surface area (Å²) in [6, 6.07) is 14.0. The van der Waals surface area contributed by atoms with E-state index in [1.807, 2.05) is 36.5 Å². The number of carboxylic acids is 1. The van der Waals surface area contributed by atoms with Crippen molar-refractivity contribution in [3.8, 4) is 0 Å². The van der Waals surface area contributed by atoms with Gasteiger partial charge in [0, 0.05) is 46.5 Å². The molecule has 0 radical (unpaired) electrons. The molecule has 3 N–H and O–H groups in total. The Labute approximate surface area is 191 Å². The summed E-state index contributed by atoms with van der Waals surface area (Å²) < 4.78 is 5.99. The van der Waals surface area contributed by atoms with Crippen molar-refractivity contribution in [3.05, 3.63) is 71.1 Å². The number of fused-ring (bicyclic) bond motifs is 4. The molecule has 0 aliphatic heterocycles. The number of nitrogens with zero attached hydrogens (tertiary/aromatic N) is 1. The molecule has 5 rings (SSSR count). The molecule has 33 heavy (non-hydrogen) atoms. The molecule has 2 heterocycles. The van der Waals surface area contributed by atoms with Crippen molar-refractivity contribution >= 4 is 33.6 Å². The Kier molecular flexibility index (Phi) is 5.90. The molecule has 0 saturated carbocycles. The monoisotopic (exact) mass is 444 g/mol. The molecule has 0 bridgehead atoms. The highest BCUT2D eigenvalue weighted by atomic mass is 16.4. The standard InChI is InChI=1S/C27H28N2O4/c30-27(31)18(6-1-2-7-19-16-28-23-10-4-3-8-20(19)23)14-24(29-32)17-12-13-22-21-9-5-11-25(21)33-26(22)15-17/h3-4,8,10,12-13,15-16,18,28,32H,1-2,5-7,9,11,14H2,(H,30,31)/t18-/m0/s1.